The minimum Gasteiger partial charge on any atom is -0.362 e. The Morgan fingerprint density at radius 1 is 0.733 bits per heavy atom. The highest BCUT2D eigenvalue weighted by atomic mass is 28.3. The van der Waals surface area contributed by atoms with Crippen molar-refractivity contribution in [2.75, 3.05) is 0 Å². The maximum absolute atomic E-state index is 3.61. The molecular weight excluding hydrogens is 214 g/mol. The van der Waals surface area contributed by atoms with Gasteiger partial charge in [-0.15, -0.1) is 0 Å². The molecule has 2 aromatic carbocycles. The van der Waals surface area contributed by atoms with Crippen molar-refractivity contribution >= 4 is 29.7 Å². The zero-order chi connectivity index (χ0) is 10.5. The molecule has 2 aromatic rings. The molecule has 0 radical (unpaired) electrons. The smallest absolute Gasteiger partial charge is 0.166 e. The topological polar surface area (TPSA) is 12.0 Å². The Hall–Kier alpha value is -1.17. The van der Waals surface area contributed by atoms with Crippen molar-refractivity contribution in [3.8, 4) is 0 Å². The standard InChI is InChI=1S/C12H15NSi2/c14-13-15(11-7-3-1-4-8-11)12-9-5-2-6-10-12/h1-10,13,15H,14H3. The van der Waals surface area contributed by atoms with Gasteiger partial charge in [-0.1, -0.05) is 60.7 Å². The van der Waals surface area contributed by atoms with Gasteiger partial charge in [-0.25, -0.2) is 0 Å². The summed E-state index contributed by atoms with van der Waals surface area (Å²) in [5.41, 5.74) is 0. The van der Waals surface area contributed by atoms with E-state index in [9.17, 15) is 0 Å². The zero-order valence-corrected chi connectivity index (χ0v) is 12.0. The molecule has 0 saturated heterocycles. The molecule has 76 valence electrons. The van der Waals surface area contributed by atoms with E-state index in [0.29, 0.717) is 0 Å². The minimum atomic E-state index is -1.12. The van der Waals surface area contributed by atoms with Crippen LogP contribution in [0.3, 0.4) is 0 Å². The van der Waals surface area contributed by atoms with E-state index < -0.39 is 8.96 Å². The van der Waals surface area contributed by atoms with Crippen LogP contribution in [0.25, 0.3) is 0 Å². The second kappa shape index (κ2) is 5.07. The maximum atomic E-state index is 3.61. The molecule has 1 nitrogen and oxygen atoms in total. The van der Waals surface area contributed by atoms with Crippen LogP contribution in [0.2, 0.25) is 0 Å². The SMILES string of the molecule is [SiH3]N[SiH](c1ccccc1)c1ccccc1. The Kier molecular flexibility index (Phi) is 3.50. The first-order valence-corrected chi connectivity index (χ1v) is 7.92. The van der Waals surface area contributed by atoms with Crippen LogP contribution < -0.4 is 15.0 Å². The fourth-order valence-corrected chi connectivity index (χ4v) is 6.08. The van der Waals surface area contributed by atoms with Crippen LogP contribution in [0.1, 0.15) is 0 Å². The van der Waals surface area contributed by atoms with Gasteiger partial charge in [0, 0.05) is 0 Å². The summed E-state index contributed by atoms with van der Waals surface area (Å²) in [7, 11) is -0.0643. The molecule has 0 aliphatic carbocycles. The number of rotatable bonds is 3. The number of benzene rings is 2. The van der Waals surface area contributed by atoms with Crippen molar-refractivity contribution in [1.82, 2.24) is 4.65 Å². The molecule has 0 saturated carbocycles. The van der Waals surface area contributed by atoms with Crippen molar-refractivity contribution in [2.45, 2.75) is 0 Å². The summed E-state index contributed by atoms with van der Waals surface area (Å²) < 4.78 is 3.61. The van der Waals surface area contributed by atoms with Crippen LogP contribution in [0.5, 0.6) is 0 Å². The van der Waals surface area contributed by atoms with E-state index in [1.165, 1.54) is 10.4 Å². The normalized spacial score (nSPS) is 10.7. The van der Waals surface area contributed by atoms with Gasteiger partial charge in [0.05, 0.1) is 10.4 Å². The van der Waals surface area contributed by atoms with Crippen molar-refractivity contribution in [3.05, 3.63) is 60.7 Å². The first-order chi connectivity index (χ1) is 7.42. The Bertz CT molecular complexity index is 363. The highest BCUT2D eigenvalue weighted by Gasteiger charge is 2.12. The predicted molar refractivity (Wildman–Crippen MR) is 72.4 cm³/mol. The Morgan fingerprint density at radius 3 is 1.47 bits per heavy atom. The molecule has 0 aromatic heterocycles. The molecule has 0 amide bonds. The van der Waals surface area contributed by atoms with Crippen LogP contribution in [-0.4, -0.2) is 19.4 Å². The summed E-state index contributed by atoms with van der Waals surface area (Å²) in [5.74, 6) is 0. The second-order valence-electron chi connectivity index (χ2n) is 3.54. The first-order valence-electron chi connectivity index (χ1n) is 5.19. The third-order valence-corrected chi connectivity index (χ3v) is 6.97. The van der Waals surface area contributed by atoms with Gasteiger partial charge < -0.3 is 4.65 Å². The van der Waals surface area contributed by atoms with Gasteiger partial charge in [0.15, 0.2) is 8.96 Å². The summed E-state index contributed by atoms with van der Waals surface area (Å²) in [4.78, 5) is 0. The summed E-state index contributed by atoms with van der Waals surface area (Å²) >= 11 is 0. The van der Waals surface area contributed by atoms with E-state index >= 15 is 0 Å². The average molecular weight is 229 g/mol. The van der Waals surface area contributed by atoms with E-state index in [-0.39, 0.29) is 0 Å². The van der Waals surface area contributed by atoms with Crippen molar-refractivity contribution in [1.29, 1.82) is 0 Å². The van der Waals surface area contributed by atoms with Gasteiger partial charge >= 0.3 is 0 Å². The molecule has 3 heteroatoms. The zero-order valence-electron chi connectivity index (χ0n) is 8.85. The lowest BCUT2D eigenvalue weighted by molar-refractivity contribution is 1.56. The lowest BCUT2D eigenvalue weighted by Crippen LogP contribution is -2.53. The number of nitrogens with one attached hydrogen (secondary N) is 1. The fourth-order valence-electron chi connectivity index (χ4n) is 1.82. The monoisotopic (exact) mass is 229 g/mol. The molecule has 0 aliphatic rings. The molecular formula is C12H15NSi2. The third-order valence-electron chi connectivity index (χ3n) is 2.55. The van der Waals surface area contributed by atoms with E-state index in [1.807, 2.05) is 0 Å². The molecule has 0 heterocycles. The molecule has 0 fully saturated rings. The third kappa shape index (κ3) is 2.44. The Balaban J connectivity index is 2.34. The predicted octanol–water partition coefficient (Wildman–Crippen LogP) is -0.605. The van der Waals surface area contributed by atoms with Gasteiger partial charge in [0.2, 0.25) is 0 Å². The number of hydrogen-bond acceptors (Lipinski definition) is 1. The fraction of sp³-hybridized carbons (Fsp3) is 0. The largest absolute Gasteiger partial charge is 0.362 e. The van der Waals surface area contributed by atoms with E-state index in [2.05, 4.69) is 65.3 Å². The van der Waals surface area contributed by atoms with Gasteiger partial charge in [-0.05, 0) is 10.4 Å². The molecule has 15 heavy (non-hydrogen) atoms. The maximum Gasteiger partial charge on any atom is 0.166 e. The molecule has 0 atom stereocenters. The quantitative estimate of drug-likeness (QED) is 0.693. The molecule has 0 spiro atoms. The van der Waals surface area contributed by atoms with Crippen molar-refractivity contribution in [2.24, 2.45) is 0 Å². The average Bonchev–Trinajstić information content (AvgIpc) is 2.33. The second-order valence-corrected chi connectivity index (χ2v) is 8.05. The van der Waals surface area contributed by atoms with Crippen LogP contribution >= 0.6 is 0 Å². The summed E-state index contributed by atoms with van der Waals surface area (Å²) in [6, 6.07) is 21.6. The van der Waals surface area contributed by atoms with Crippen molar-refractivity contribution < 1.29 is 0 Å². The Morgan fingerprint density at radius 2 is 1.13 bits per heavy atom. The summed E-state index contributed by atoms with van der Waals surface area (Å²) in [6.45, 7) is 0. The molecule has 1 N–H and O–H groups in total. The number of hydrogen-bond donors (Lipinski definition) is 1. The Labute approximate surface area is 95.3 Å². The van der Waals surface area contributed by atoms with E-state index in [0.717, 1.165) is 10.4 Å². The van der Waals surface area contributed by atoms with E-state index in [1.54, 1.807) is 0 Å². The van der Waals surface area contributed by atoms with Crippen LogP contribution in [0.15, 0.2) is 60.7 Å². The van der Waals surface area contributed by atoms with Gasteiger partial charge in [-0.2, -0.15) is 0 Å². The molecule has 0 unspecified atom stereocenters. The summed E-state index contributed by atoms with van der Waals surface area (Å²) in [5, 5.41) is 2.94. The van der Waals surface area contributed by atoms with Gasteiger partial charge in [-0.3, -0.25) is 0 Å². The molecule has 2 rings (SSSR count). The molecule has 0 aliphatic heterocycles. The van der Waals surface area contributed by atoms with Gasteiger partial charge in [0.1, 0.15) is 0 Å². The first kappa shape index (κ1) is 10.4. The lowest BCUT2D eigenvalue weighted by atomic mass is 10.4. The van der Waals surface area contributed by atoms with Crippen LogP contribution in [0.4, 0.5) is 0 Å². The van der Waals surface area contributed by atoms with Crippen molar-refractivity contribution in [3.63, 3.8) is 0 Å². The summed E-state index contributed by atoms with van der Waals surface area (Å²) in [6.07, 6.45) is 0. The highest BCUT2D eigenvalue weighted by Crippen LogP contribution is 1.89. The van der Waals surface area contributed by atoms with E-state index in [4.69, 9.17) is 0 Å². The van der Waals surface area contributed by atoms with Crippen LogP contribution in [0, 0.1) is 0 Å². The van der Waals surface area contributed by atoms with Gasteiger partial charge in [0.25, 0.3) is 0 Å². The lowest BCUT2D eigenvalue weighted by Gasteiger charge is -2.14. The highest BCUT2D eigenvalue weighted by molar-refractivity contribution is 6.85. The minimum absolute atomic E-state index is 1.05. The molecule has 0 bridgehead atoms. The van der Waals surface area contributed by atoms with Crippen LogP contribution in [-0.2, 0) is 0 Å².